The third-order valence-corrected chi connectivity index (χ3v) is 4.51. The normalized spacial score (nSPS) is 13.8. The molecule has 1 N–H and O–H groups in total. The Hall–Kier alpha value is -1.59. The molecule has 0 amide bonds. The summed E-state index contributed by atoms with van der Waals surface area (Å²) in [6.45, 7) is 6.32. The number of benzene rings is 1. The largest absolute Gasteiger partial charge is 0.497 e. The Morgan fingerprint density at radius 2 is 1.90 bits per heavy atom. The minimum absolute atomic E-state index is 0.134. The highest BCUT2D eigenvalue weighted by molar-refractivity contribution is 7.11. The first kappa shape index (κ1) is 15.8. The Kier molecular flexibility index (Phi) is 5.20. The van der Waals surface area contributed by atoms with Crippen LogP contribution in [-0.2, 0) is 0 Å². The highest BCUT2D eigenvalue weighted by atomic mass is 32.1. The van der Waals surface area contributed by atoms with E-state index in [1.807, 2.05) is 24.4 Å². The van der Waals surface area contributed by atoms with Gasteiger partial charge in [0.1, 0.15) is 16.5 Å². The van der Waals surface area contributed by atoms with Crippen molar-refractivity contribution in [3.63, 3.8) is 0 Å². The van der Waals surface area contributed by atoms with E-state index in [-0.39, 0.29) is 12.1 Å². The summed E-state index contributed by atoms with van der Waals surface area (Å²) in [5.41, 5.74) is 1.08. The van der Waals surface area contributed by atoms with Gasteiger partial charge < -0.3 is 14.8 Å². The first-order valence-corrected chi connectivity index (χ1v) is 7.77. The highest BCUT2D eigenvalue weighted by Crippen LogP contribution is 2.31. The third kappa shape index (κ3) is 3.74. The summed E-state index contributed by atoms with van der Waals surface area (Å²) in [5, 5.41) is 4.66. The smallest absolute Gasteiger partial charge is 0.123 e. The van der Waals surface area contributed by atoms with Gasteiger partial charge in [-0.25, -0.2) is 4.98 Å². The lowest BCUT2D eigenvalue weighted by Gasteiger charge is -2.21. The number of nitrogens with zero attached hydrogens (tertiary/aromatic N) is 1. The molecule has 0 radical (unpaired) electrons. The van der Waals surface area contributed by atoms with E-state index in [4.69, 9.17) is 9.47 Å². The Morgan fingerprint density at radius 1 is 1.14 bits per heavy atom. The maximum atomic E-state index is 5.45. The lowest BCUT2D eigenvalue weighted by Crippen LogP contribution is -2.22. The van der Waals surface area contributed by atoms with Gasteiger partial charge in [0.05, 0.1) is 20.3 Å². The zero-order chi connectivity index (χ0) is 15.4. The van der Waals surface area contributed by atoms with Crippen molar-refractivity contribution < 1.29 is 9.47 Å². The van der Waals surface area contributed by atoms with Gasteiger partial charge in [-0.3, -0.25) is 0 Å². The fourth-order valence-electron chi connectivity index (χ4n) is 2.29. The van der Waals surface area contributed by atoms with Crippen molar-refractivity contribution >= 4 is 11.3 Å². The standard InChI is InChI=1S/C16H22N2O2S/c1-10-9-17-16(21-10)12(3)18-11(2)14-8-13(19-4)6-7-15(14)20-5/h6-9,11-12,18H,1-5H3. The number of thiazole rings is 1. The molecule has 2 atom stereocenters. The van der Waals surface area contributed by atoms with Gasteiger partial charge in [-0.2, -0.15) is 0 Å². The average Bonchev–Trinajstić information content (AvgIpc) is 2.93. The number of nitrogens with one attached hydrogen (secondary N) is 1. The van der Waals surface area contributed by atoms with Crippen LogP contribution in [0.2, 0.25) is 0 Å². The Morgan fingerprint density at radius 3 is 2.48 bits per heavy atom. The van der Waals surface area contributed by atoms with Crippen molar-refractivity contribution in [3.05, 3.63) is 39.8 Å². The van der Waals surface area contributed by atoms with Crippen molar-refractivity contribution in [2.24, 2.45) is 0 Å². The number of hydrogen-bond donors (Lipinski definition) is 1. The zero-order valence-corrected chi connectivity index (χ0v) is 14.0. The molecule has 0 aliphatic heterocycles. The van der Waals surface area contributed by atoms with E-state index in [9.17, 15) is 0 Å². The molecule has 1 heterocycles. The van der Waals surface area contributed by atoms with Gasteiger partial charge in [-0.15, -0.1) is 11.3 Å². The minimum atomic E-state index is 0.134. The summed E-state index contributed by atoms with van der Waals surface area (Å²) in [4.78, 5) is 5.67. The first-order chi connectivity index (χ1) is 10.0. The molecule has 0 bridgehead atoms. The number of rotatable bonds is 6. The predicted octanol–water partition coefficient (Wildman–Crippen LogP) is 3.88. The maximum Gasteiger partial charge on any atom is 0.123 e. The van der Waals surface area contributed by atoms with E-state index in [1.54, 1.807) is 25.6 Å². The van der Waals surface area contributed by atoms with Crippen LogP contribution < -0.4 is 14.8 Å². The molecule has 21 heavy (non-hydrogen) atoms. The van der Waals surface area contributed by atoms with Crippen LogP contribution in [0, 0.1) is 6.92 Å². The summed E-state index contributed by atoms with van der Waals surface area (Å²) in [5.74, 6) is 1.69. The van der Waals surface area contributed by atoms with Crippen molar-refractivity contribution in [3.8, 4) is 11.5 Å². The van der Waals surface area contributed by atoms with E-state index >= 15 is 0 Å². The summed E-state index contributed by atoms with van der Waals surface area (Å²) < 4.78 is 10.8. The van der Waals surface area contributed by atoms with Gasteiger partial charge in [0.25, 0.3) is 0 Å². The Balaban J connectivity index is 2.17. The molecular formula is C16H22N2O2S. The number of hydrogen-bond acceptors (Lipinski definition) is 5. The van der Waals surface area contributed by atoms with Crippen molar-refractivity contribution in [2.75, 3.05) is 14.2 Å². The SMILES string of the molecule is COc1ccc(OC)c(C(C)NC(C)c2ncc(C)s2)c1. The van der Waals surface area contributed by atoms with Crippen LogP contribution in [0.4, 0.5) is 0 Å². The zero-order valence-electron chi connectivity index (χ0n) is 13.1. The molecule has 0 aliphatic carbocycles. The lowest BCUT2D eigenvalue weighted by molar-refractivity contribution is 0.387. The topological polar surface area (TPSA) is 43.4 Å². The van der Waals surface area contributed by atoms with Gasteiger partial charge in [-0.1, -0.05) is 0 Å². The summed E-state index contributed by atoms with van der Waals surface area (Å²) in [6.07, 6.45) is 1.91. The van der Waals surface area contributed by atoms with E-state index in [2.05, 4.69) is 31.1 Å². The molecule has 1 aromatic heterocycles. The predicted molar refractivity (Wildman–Crippen MR) is 86.4 cm³/mol. The van der Waals surface area contributed by atoms with E-state index in [0.29, 0.717) is 0 Å². The second-order valence-electron chi connectivity index (χ2n) is 5.03. The number of aromatic nitrogens is 1. The molecule has 5 heteroatoms. The van der Waals surface area contributed by atoms with Gasteiger partial charge in [-0.05, 0) is 39.0 Å². The molecule has 2 aromatic rings. The molecule has 2 unspecified atom stereocenters. The monoisotopic (exact) mass is 306 g/mol. The minimum Gasteiger partial charge on any atom is -0.497 e. The fraction of sp³-hybridized carbons (Fsp3) is 0.438. The van der Waals surface area contributed by atoms with Gasteiger partial charge in [0.2, 0.25) is 0 Å². The molecule has 0 saturated heterocycles. The number of methoxy groups -OCH3 is 2. The average molecular weight is 306 g/mol. The molecule has 114 valence electrons. The first-order valence-electron chi connectivity index (χ1n) is 6.95. The summed E-state index contributed by atoms with van der Waals surface area (Å²) >= 11 is 1.72. The molecule has 4 nitrogen and oxygen atoms in total. The highest BCUT2D eigenvalue weighted by Gasteiger charge is 2.17. The second-order valence-corrected chi connectivity index (χ2v) is 6.29. The van der Waals surface area contributed by atoms with Crippen LogP contribution in [0.1, 0.15) is 41.4 Å². The van der Waals surface area contributed by atoms with Crippen molar-refractivity contribution in [1.29, 1.82) is 0 Å². The molecule has 1 aromatic carbocycles. The van der Waals surface area contributed by atoms with Crippen LogP contribution in [0.15, 0.2) is 24.4 Å². The van der Waals surface area contributed by atoms with Crippen molar-refractivity contribution in [2.45, 2.75) is 32.9 Å². The Labute approximate surface area is 130 Å². The van der Waals surface area contributed by atoms with Crippen molar-refractivity contribution in [1.82, 2.24) is 10.3 Å². The van der Waals surface area contributed by atoms with E-state index in [0.717, 1.165) is 22.1 Å². The van der Waals surface area contributed by atoms with Crippen LogP contribution in [-0.4, -0.2) is 19.2 Å². The molecular weight excluding hydrogens is 284 g/mol. The quantitative estimate of drug-likeness (QED) is 0.879. The van der Waals surface area contributed by atoms with Crippen LogP contribution in [0.3, 0.4) is 0 Å². The van der Waals surface area contributed by atoms with Crippen LogP contribution in [0.25, 0.3) is 0 Å². The van der Waals surface area contributed by atoms with E-state index < -0.39 is 0 Å². The molecule has 0 spiro atoms. The van der Waals surface area contributed by atoms with Gasteiger partial charge in [0, 0.05) is 22.7 Å². The Bertz CT molecular complexity index is 598. The summed E-state index contributed by atoms with van der Waals surface area (Å²) in [7, 11) is 3.36. The third-order valence-electron chi connectivity index (χ3n) is 3.41. The number of ether oxygens (including phenoxy) is 2. The molecule has 0 aliphatic rings. The van der Waals surface area contributed by atoms with E-state index in [1.165, 1.54) is 4.88 Å². The fourth-order valence-corrected chi connectivity index (χ4v) is 3.07. The maximum absolute atomic E-state index is 5.45. The second kappa shape index (κ2) is 6.91. The summed E-state index contributed by atoms with van der Waals surface area (Å²) in [6, 6.07) is 6.17. The number of aryl methyl sites for hydroxylation is 1. The molecule has 2 rings (SSSR count). The molecule has 0 saturated carbocycles. The van der Waals surface area contributed by atoms with Gasteiger partial charge >= 0.3 is 0 Å². The van der Waals surface area contributed by atoms with Crippen LogP contribution >= 0.6 is 11.3 Å². The van der Waals surface area contributed by atoms with Crippen LogP contribution in [0.5, 0.6) is 11.5 Å². The van der Waals surface area contributed by atoms with Gasteiger partial charge in [0.15, 0.2) is 0 Å². The molecule has 0 fully saturated rings. The lowest BCUT2D eigenvalue weighted by atomic mass is 10.1.